The van der Waals surface area contributed by atoms with E-state index >= 15 is 0 Å². The summed E-state index contributed by atoms with van der Waals surface area (Å²) in [6.45, 7) is 15.0. The van der Waals surface area contributed by atoms with E-state index in [1.165, 1.54) is 185 Å². The molecule has 0 aliphatic carbocycles. The molecular formula is C32H68ClN. The molecule has 0 N–H and O–H groups in total. The Labute approximate surface area is 224 Å². The second-order valence-electron chi connectivity index (χ2n) is 11.2. The van der Waals surface area contributed by atoms with E-state index < -0.39 is 0 Å². The van der Waals surface area contributed by atoms with Crippen molar-refractivity contribution in [3.63, 3.8) is 0 Å². The third-order valence-electron chi connectivity index (χ3n) is 8.31. The van der Waals surface area contributed by atoms with Gasteiger partial charge >= 0.3 is 0 Å². The van der Waals surface area contributed by atoms with Crippen LogP contribution in [0.1, 0.15) is 182 Å². The lowest BCUT2D eigenvalue weighted by atomic mass is 10.0. The first-order chi connectivity index (χ1) is 16.2. The van der Waals surface area contributed by atoms with E-state index in [0.717, 1.165) is 0 Å². The normalized spacial score (nSPS) is 11.6. The van der Waals surface area contributed by atoms with Crippen LogP contribution in [0.15, 0.2) is 0 Å². The Morgan fingerprint density at radius 3 is 0.706 bits per heavy atom. The van der Waals surface area contributed by atoms with Crippen molar-refractivity contribution in [1.82, 2.24) is 0 Å². The Morgan fingerprint density at radius 2 is 0.500 bits per heavy atom. The van der Waals surface area contributed by atoms with Gasteiger partial charge in [0.1, 0.15) is 0 Å². The summed E-state index contributed by atoms with van der Waals surface area (Å²) in [7, 11) is 0. The fourth-order valence-corrected chi connectivity index (χ4v) is 5.54. The quantitative estimate of drug-likeness (QED) is 0.0747. The van der Waals surface area contributed by atoms with Crippen molar-refractivity contribution in [2.75, 3.05) is 26.2 Å². The maximum atomic E-state index is 2.43. The van der Waals surface area contributed by atoms with Crippen LogP contribution in [0, 0.1) is 0 Å². The molecule has 0 aliphatic rings. The van der Waals surface area contributed by atoms with E-state index in [1.807, 2.05) is 0 Å². The SMILES string of the molecule is CCCCCCCCCCCCCCCC[N+](CC)(CC)CCCCCCCCCCCC.[Cl-]. The molecule has 0 radical (unpaired) electrons. The second kappa shape index (κ2) is 29.5. The molecule has 0 aromatic heterocycles. The number of rotatable bonds is 28. The Morgan fingerprint density at radius 1 is 0.294 bits per heavy atom. The highest BCUT2D eigenvalue weighted by atomic mass is 35.5. The molecule has 0 aromatic rings. The second-order valence-corrected chi connectivity index (χ2v) is 11.2. The molecule has 0 bridgehead atoms. The van der Waals surface area contributed by atoms with Crippen molar-refractivity contribution < 1.29 is 16.9 Å². The molecule has 2 heteroatoms. The molecule has 0 heterocycles. The highest BCUT2D eigenvalue weighted by Gasteiger charge is 2.21. The smallest absolute Gasteiger partial charge is 0.0786 e. The van der Waals surface area contributed by atoms with E-state index in [-0.39, 0.29) is 12.4 Å². The minimum absolute atomic E-state index is 0. The maximum Gasteiger partial charge on any atom is 0.0786 e. The van der Waals surface area contributed by atoms with Gasteiger partial charge in [0.2, 0.25) is 0 Å². The maximum absolute atomic E-state index is 2.43. The molecule has 208 valence electrons. The number of halogens is 1. The number of unbranched alkanes of at least 4 members (excludes halogenated alkanes) is 22. The molecule has 0 atom stereocenters. The average molecular weight is 502 g/mol. The summed E-state index contributed by atoms with van der Waals surface area (Å²) >= 11 is 0. The fourth-order valence-electron chi connectivity index (χ4n) is 5.54. The molecule has 0 aliphatic heterocycles. The molecular weight excluding hydrogens is 434 g/mol. The Bertz CT molecular complexity index is 353. The zero-order valence-corrected chi connectivity index (χ0v) is 25.4. The summed E-state index contributed by atoms with van der Waals surface area (Å²) in [6.07, 6.45) is 35.1. The predicted octanol–water partition coefficient (Wildman–Crippen LogP) is 8.25. The lowest BCUT2D eigenvalue weighted by molar-refractivity contribution is -0.925. The fraction of sp³-hybridized carbons (Fsp3) is 1.00. The van der Waals surface area contributed by atoms with Crippen molar-refractivity contribution in [3.05, 3.63) is 0 Å². The molecule has 34 heavy (non-hydrogen) atoms. The Hall–Kier alpha value is 0.250. The van der Waals surface area contributed by atoms with Crippen LogP contribution >= 0.6 is 0 Å². The van der Waals surface area contributed by atoms with Gasteiger partial charge in [0, 0.05) is 0 Å². The Balaban J connectivity index is 0. The highest BCUT2D eigenvalue weighted by Crippen LogP contribution is 2.17. The van der Waals surface area contributed by atoms with Gasteiger partial charge in [0.25, 0.3) is 0 Å². The average Bonchev–Trinajstić information content (AvgIpc) is 2.84. The van der Waals surface area contributed by atoms with Crippen molar-refractivity contribution >= 4 is 0 Å². The monoisotopic (exact) mass is 502 g/mol. The standard InChI is InChI=1S/C32H68N.ClH/c1-5-9-11-13-15-17-19-20-21-22-24-26-28-30-32-33(7-3,8-4)31-29-27-25-23-18-16-14-12-10-6-2;/h5-32H2,1-4H3;1H/q+1;/p-1. The van der Waals surface area contributed by atoms with Gasteiger partial charge in [-0.15, -0.1) is 0 Å². The van der Waals surface area contributed by atoms with Gasteiger partial charge in [-0.05, 0) is 39.5 Å². The molecule has 0 fully saturated rings. The van der Waals surface area contributed by atoms with Crippen LogP contribution in [0.2, 0.25) is 0 Å². The molecule has 0 saturated carbocycles. The lowest BCUT2D eigenvalue weighted by Gasteiger charge is -2.37. The zero-order valence-electron chi connectivity index (χ0n) is 24.6. The van der Waals surface area contributed by atoms with Crippen LogP contribution in [0.25, 0.3) is 0 Å². The number of hydrogen-bond donors (Lipinski definition) is 0. The van der Waals surface area contributed by atoms with Gasteiger partial charge < -0.3 is 16.9 Å². The largest absolute Gasteiger partial charge is 1.00 e. The van der Waals surface area contributed by atoms with Gasteiger partial charge in [0.15, 0.2) is 0 Å². The van der Waals surface area contributed by atoms with Crippen molar-refractivity contribution in [2.24, 2.45) is 0 Å². The van der Waals surface area contributed by atoms with Crippen LogP contribution in [0.5, 0.6) is 0 Å². The zero-order chi connectivity index (χ0) is 24.3. The van der Waals surface area contributed by atoms with Gasteiger partial charge in [-0.3, -0.25) is 0 Å². The van der Waals surface area contributed by atoms with Crippen LogP contribution < -0.4 is 12.4 Å². The van der Waals surface area contributed by atoms with Crippen LogP contribution in [-0.4, -0.2) is 30.7 Å². The van der Waals surface area contributed by atoms with E-state index in [0.29, 0.717) is 0 Å². The van der Waals surface area contributed by atoms with Gasteiger partial charge in [0.05, 0.1) is 26.2 Å². The topological polar surface area (TPSA) is 0 Å². The molecule has 0 aromatic carbocycles. The summed E-state index contributed by atoms with van der Waals surface area (Å²) in [5.41, 5.74) is 0. The molecule has 0 rings (SSSR count). The molecule has 0 saturated heterocycles. The first-order valence-corrected chi connectivity index (χ1v) is 16.1. The number of quaternary nitrogens is 1. The summed E-state index contributed by atoms with van der Waals surface area (Å²) in [5, 5.41) is 0. The van der Waals surface area contributed by atoms with Gasteiger partial charge in [-0.2, -0.15) is 0 Å². The summed E-state index contributed by atoms with van der Waals surface area (Å²) in [4.78, 5) is 0. The third-order valence-corrected chi connectivity index (χ3v) is 8.31. The molecule has 1 nitrogen and oxygen atoms in total. The lowest BCUT2D eigenvalue weighted by Crippen LogP contribution is -3.00. The molecule has 0 unspecified atom stereocenters. The highest BCUT2D eigenvalue weighted by molar-refractivity contribution is 4.52. The van der Waals surface area contributed by atoms with E-state index in [9.17, 15) is 0 Å². The van der Waals surface area contributed by atoms with E-state index in [1.54, 1.807) is 0 Å². The third kappa shape index (κ3) is 24.0. The van der Waals surface area contributed by atoms with Crippen molar-refractivity contribution in [3.8, 4) is 0 Å². The van der Waals surface area contributed by atoms with Crippen molar-refractivity contribution in [2.45, 2.75) is 182 Å². The van der Waals surface area contributed by atoms with Crippen LogP contribution in [0.3, 0.4) is 0 Å². The van der Waals surface area contributed by atoms with E-state index in [4.69, 9.17) is 0 Å². The van der Waals surface area contributed by atoms with Gasteiger partial charge in [-0.1, -0.05) is 142 Å². The molecule has 0 spiro atoms. The minimum atomic E-state index is 0. The summed E-state index contributed by atoms with van der Waals surface area (Å²) in [5.74, 6) is 0. The van der Waals surface area contributed by atoms with Gasteiger partial charge in [-0.25, -0.2) is 0 Å². The summed E-state index contributed by atoms with van der Waals surface area (Å²) in [6, 6.07) is 0. The van der Waals surface area contributed by atoms with Crippen LogP contribution in [-0.2, 0) is 0 Å². The number of hydrogen-bond acceptors (Lipinski definition) is 0. The number of nitrogens with zero attached hydrogens (tertiary/aromatic N) is 1. The first kappa shape index (κ1) is 36.4. The summed E-state index contributed by atoms with van der Waals surface area (Å²) < 4.78 is 1.38. The first-order valence-electron chi connectivity index (χ1n) is 16.1. The van der Waals surface area contributed by atoms with Crippen LogP contribution in [0.4, 0.5) is 0 Å². The van der Waals surface area contributed by atoms with Crippen molar-refractivity contribution in [1.29, 1.82) is 0 Å². The molecule has 0 amide bonds. The predicted molar refractivity (Wildman–Crippen MR) is 153 cm³/mol. The van der Waals surface area contributed by atoms with E-state index in [2.05, 4.69) is 27.7 Å². The Kier molecular flexibility index (Phi) is 31.6. The minimum Gasteiger partial charge on any atom is -1.00 e.